The quantitative estimate of drug-likeness (QED) is 0.662. The minimum absolute atomic E-state index is 0.00830. The summed E-state index contributed by atoms with van der Waals surface area (Å²) in [6.45, 7) is 6.28. The third-order valence-electron chi connectivity index (χ3n) is 3.61. The lowest BCUT2D eigenvalue weighted by Gasteiger charge is -2.19. The van der Waals surface area contributed by atoms with Crippen LogP contribution in [-0.2, 0) is 10.2 Å². The number of nitrogens with one attached hydrogen (secondary N) is 2. The first-order chi connectivity index (χ1) is 11.8. The number of amides is 2. The summed E-state index contributed by atoms with van der Waals surface area (Å²) < 4.78 is 12.8. The van der Waals surface area contributed by atoms with E-state index in [0.29, 0.717) is 11.1 Å². The summed E-state index contributed by atoms with van der Waals surface area (Å²) in [5.74, 6) is -1.22. The van der Waals surface area contributed by atoms with E-state index in [2.05, 4.69) is 31.6 Å². The zero-order chi connectivity index (χ0) is 18.4. The summed E-state index contributed by atoms with van der Waals surface area (Å²) in [7, 11) is 0. The summed E-state index contributed by atoms with van der Waals surface area (Å²) in [4.78, 5) is 23.7. The third-order valence-corrected chi connectivity index (χ3v) is 3.61. The number of carbonyl (C=O) groups is 2. The molecule has 0 aliphatic rings. The molecule has 2 rings (SSSR count). The maximum Gasteiger partial charge on any atom is 0.269 e. The molecule has 0 atom stereocenters. The van der Waals surface area contributed by atoms with Gasteiger partial charge in [0.25, 0.3) is 11.8 Å². The normalized spacial score (nSPS) is 11.4. The second kappa shape index (κ2) is 7.75. The van der Waals surface area contributed by atoms with Crippen LogP contribution < -0.4 is 10.9 Å². The van der Waals surface area contributed by atoms with Crippen LogP contribution in [0.15, 0.2) is 54.6 Å². The van der Waals surface area contributed by atoms with Gasteiger partial charge in [-0.3, -0.25) is 20.4 Å². The van der Waals surface area contributed by atoms with Crippen molar-refractivity contribution in [2.24, 2.45) is 0 Å². The molecule has 0 fully saturated rings. The number of carbonyl (C=O) groups excluding carboxylic acids is 2. The van der Waals surface area contributed by atoms with Crippen LogP contribution in [0.4, 0.5) is 4.39 Å². The highest BCUT2D eigenvalue weighted by molar-refractivity contribution is 5.97. The fourth-order valence-electron chi connectivity index (χ4n) is 2.10. The zero-order valence-corrected chi connectivity index (χ0v) is 14.5. The van der Waals surface area contributed by atoms with E-state index in [1.807, 2.05) is 12.1 Å². The van der Waals surface area contributed by atoms with Crippen LogP contribution in [0.1, 0.15) is 42.3 Å². The van der Waals surface area contributed by atoms with Gasteiger partial charge in [0.05, 0.1) is 0 Å². The second-order valence-corrected chi connectivity index (χ2v) is 6.66. The first-order valence-electron chi connectivity index (χ1n) is 7.90. The first-order valence-corrected chi connectivity index (χ1v) is 7.90. The Morgan fingerprint density at radius 2 is 1.52 bits per heavy atom. The van der Waals surface area contributed by atoms with Gasteiger partial charge in [-0.25, -0.2) is 4.39 Å². The van der Waals surface area contributed by atoms with E-state index < -0.39 is 11.8 Å². The number of hydrogen-bond donors (Lipinski definition) is 2. The van der Waals surface area contributed by atoms with Crippen molar-refractivity contribution in [3.63, 3.8) is 0 Å². The topological polar surface area (TPSA) is 58.2 Å². The monoisotopic (exact) mass is 340 g/mol. The van der Waals surface area contributed by atoms with Crippen LogP contribution in [0.5, 0.6) is 0 Å². The van der Waals surface area contributed by atoms with E-state index in [0.717, 1.165) is 5.56 Å². The van der Waals surface area contributed by atoms with E-state index in [-0.39, 0.29) is 11.2 Å². The number of hydrogen-bond acceptors (Lipinski definition) is 2. The Hall–Kier alpha value is -2.95. The number of rotatable bonds is 3. The van der Waals surface area contributed by atoms with E-state index in [9.17, 15) is 14.0 Å². The molecule has 2 N–H and O–H groups in total. The van der Waals surface area contributed by atoms with Crippen molar-refractivity contribution in [1.29, 1.82) is 0 Å². The van der Waals surface area contributed by atoms with Crippen LogP contribution in [0.25, 0.3) is 6.08 Å². The molecule has 4 nitrogen and oxygen atoms in total. The molecule has 5 heteroatoms. The molecule has 25 heavy (non-hydrogen) atoms. The molecule has 130 valence electrons. The predicted octanol–water partition coefficient (Wildman–Crippen LogP) is 3.60. The molecule has 0 spiro atoms. The maximum atomic E-state index is 12.8. The van der Waals surface area contributed by atoms with Crippen LogP contribution in [0.2, 0.25) is 0 Å². The molecule has 0 saturated heterocycles. The molecule has 0 bridgehead atoms. The van der Waals surface area contributed by atoms with E-state index in [1.165, 1.54) is 24.3 Å². The van der Waals surface area contributed by atoms with E-state index >= 15 is 0 Å². The highest BCUT2D eigenvalue weighted by Gasteiger charge is 2.14. The van der Waals surface area contributed by atoms with Crippen molar-refractivity contribution in [3.05, 3.63) is 77.1 Å². The molecule has 0 unspecified atom stereocenters. The minimum atomic E-state index is -0.482. The van der Waals surface area contributed by atoms with Gasteiger partial charge in [0.2, 0.25) is 0 Å². The van der Waals surface area contributed by atoms with Gasteiger partial charge in [-0.05, 0) is 46.9 Å². The molecular formula is C20H21FN2O2. The van der Waals surface area contributed by atoms with Crippen LogP contribution in [-0.4, -0.2) is 11.8 Å². The SMILES string of the molecule is CC(C)(C)c1ccc(C(=O)NNC(=O)/C=C/c2ccc(F)cc2)cc1. The van der Waals surface area contributed by atoms with Crippen molar-refractivity contribution in [2.45, 2.75) is 26.2 Å². The van der Waals surface area contributed by atoms with Gasteiger partial charge < -0.3 is 0 Å². The van der Waals surface area contributed by atoms with Crippen molar-refractivity contribution in [1.82, 2.24) is 10.9 Å². The Balaban J connectivity index is 1.88. The molecule has 0 heterocycles. The average molecular weight is 340 g/mol. The molecule has 2 amide bonds. The molecule has 0 aliphatic carbocycles. The van der Waals surface area contributed by atoms with E-state index in [4.69, 9.17) is 0 Å². The highest BCUT2D eigenvalue weighted by atomic mass is 19.1. The average Bonchev–Trinajstić information content (AvgIpc) is 2.58. The van der Waals surface area contributed by atoms with Gasteiger partial charge in [-0.15, -0.1) is 0 Å². The van der Waals surface area contributed by atoms with Gasteiger partial charge in [0, 0.05) is 11.6 Å². The Bertz CT molecular complexity index is 773. The fourth-order valence-corrected chi connectivity index (χ4v) is 2.10. The van der Waals surface area contributed by atoms with Crippen molar-refractivity contribution >= 4 is 17.9 Å². The number of halogens is 1. The number of hydrazine groups is 1. The lowest BCUT2D eigenvalue weighted by atomic mass is 9.87. The van der Waals surface area contributed by atoms with Crippen molar-refractivity contribution < 1.29 is 14.0 Å². The second-order valence-electron chi connectivity index (χ2n) is 6.66. The Morgan fingerprint density at radius 1 is 0.920 bits per heavy atom. The van der Waals surface area contributed by atoms with E-state index in [1.54, 1.807) is 24.3 Å². The summed E-state index contributed by atoms with van der Waals surface area (Å²) in [5.41, 5.74) is 6.93. The lowest BCUT2D eigenvalue weighted by Crippen LogP contribution is -2.40. The Kier molecular flexibility index (Phi) is 5.70. The summed E-state index contributed by atoms with van der Waals surface area (Å²) >= 11 is 0. The molecule has 0 aliphatic heterocycles. The van der Waals surface area contributed by atoms with Crippen LogP contribution in [0.3, 0.4) is 0 Å². The zero-order valence-electron chi connectivity index (χ0n) is 14.5. The molecule has 0 saturated carbocycles. The highest BCUT2D eigenvalue weighted by Crippen LogP contribution is 2.22. The predicted molar refractivity (Wildman–Crippen MR) is 96.2 cm³/mol. The van der Waals surface area contributed by atoms with Crippen molar-refractivity contribution in [3.8, 4) is 0 Å². The largest absolute Gasteiger partial charge is 0.269 e. The molecule has 0 radical (unpaired) electrons. The summed E-state index contributed by atoms with van der Waals surface area (Å²) in [6.07, 6.45) is 2.79. The fraction of sp³-hybridized carbons (Fsp3) is 0.200. The Labute approximate surface area is 146 Å². The maximum absolute atomic E-state index is 12.8. The summed E-state index contributed by atoms with van der Waals surface area (Å²) in [6, 6.07) is 12.9. The van der Waals surface area contributed by atoms with Gasteiger partial charge in [0.15, 0.2) is 0 Å². The first kappa shape index (κ1) is 18.4. The van der Waals surface area contributed by atoms with Gasteiger partial charge in [0.1, 0.15) is 5.82 Å². The molecule has 2 aromatic carbocycles. The standard InChI is InChI=1S/C20H21FN2O2/c1-20(2,3)16-9-7-15(8-10-16)19(25)23-22-18(24)13-6-14-4-11-17(21)12-5-14/h4-13H,1-3H3,(H,22,24)(H,23,25)/b13-6+. The molecule has 0 aromatic heterocycles. The molecular weight excluding hydrogens is 319 g/mol. The Morgan fingerprint density at radius 3 is 2.08 bits per heavy atom. The van der Waals surface area contributed by atoms with Crippen LogP contribution in [0, 0.1) is 5.82 Å². The van der Waals surface area contributed by atoms with Crippen LogP contribution >= 0.6 is 0 Å². The van der Waals surface area contributed by atoms with Gasteiger partial charge in [-0.1, -0.05) is 45.0 Å². The van der Waals surface area contributed by atoms with Gasteiger partial charge >= 0.3 is 0 Å². The van der Waals surface area contributed by atoms with Gasteiger partial charge in [-0.2, -0.15) is 0 Å². The smallest absolute Gasteiger partial charge is 0.268 e. The molecule has 2 aromatic rings. The third kappa shape index (κ3) is 5.57. The van der Waals surface area contributed by atoms with Crippen molar-refractivity contribution in [2.75, 3.05) is 0 Å². The summed E-state index contributed by atoms with van der Waals surface area (Å²) in [5, 5.41) is 0. The number of benzene rings is 2. The lowest BCUT2D eigenvalue weighted by molar-refractivity contribution is -0.117. The minimum Gasteiger partial charge on any atom is -0.268 e.